The second-order valence-electron chi connectivity index (χ2n) is 7.53. The van der Waals surface area contributed by atoms with E-state index in [9.17, 15) is 15.0 Å². The highest BCUT2D eigenvalue weighted by molar-refractivity contribution is 5.91. The molecule has 0 heterocycles. The third-order valence-electron chi connectivity index (χ3n) is 4.51. The monoisotopic (exact) mass is 320 g/mol. The van der Waals surface area contributed by atoms with Gasteiger partial charge in [-0.2, -0.15) is 0 Å². The van der Waals surface area contributed by atoms with Gasteiger partial charge in [0.2, 0.25) is 0 Å². The van der Waals surface area contributed by atoms with E-state index in [0.717, 1.165) is 30.4 Å². The minimum Gasteiger partial charge on any atom is -0.389 e. The highest BCUT2D eigenvalue weighted by Gasteiger charge is 2.33. The lowest BCUT2D eigenvalue weighted by Crippen LogP contribution is -2.37. The number of aliphatic hydroxyl groups is 2. The molecular weight excluding hydrogens is 288 g/mol. The molecule has 3 heteroatoms. The van der Waals surface area contributed by atoms with Crippen LogP contribution in [0.5, 0.6) is 0 Å². The van der Waals surface area contributed by atoms with Crippen LogP contribution >= 0.6 is 0 Å². The van der Waals surface area contributed by atoms with Crippen LogP contribution in [0.3, 0.4) is 0 Å². The van der Waals surface area contributed by atoms with E-state index in [1.165, 1.54) is 5.57 Å². The fourth-order valence-corrected chi connectivity index (χ4v) is 3.19. The quantitative estimate of drug-likeness (QED) is 0.548. The molecular formula is C20H32O3. The molecule has 0 spiro atoms. The van der Waals surface area contributed by atoms with Crippen LogP contribution in [0.4, 0.5) is 0 Å². The highest BCUT2D eigenvalue weighted by Crippen LogP contribution is 2.34. The molecule has 0 aromatic heterocycles. The average molecular weight is 320 g/mol. The summed E-state index contributed by atoms with van der Waals surface area (Å²) in [5, 5.41) is 20.6. The van der Waals surface area contributed by atoms with Crippen molar-refractivity contribution in [2.24, 2.45) is 5.92 Å². The topological polar surface area (TPSA) is 57.5 Å². The molecule has 130 valence electrons. The van der Waals surface area contributed by atoms with Gasteiger partial charge in [0.15, 0.2) is 5.78 Å². The maximum Gasteiger partial charge on any atom is 0.158 e. The lowest BCUT2D eigenvalue weighted by atomic mass is 9.76. The van der Waals surface area contributed by atoms with E-state index in [1.807, 2.05) is 20.8 Å². The number of allylic oxidation sites excluding steroid dienone is 4. The molecule has 1 aliphatic rings. The van der Waals surface area contributed by atoms with Crippen LogP contribution in [-0.2, 0) is 4.79 Å². The number of ketones is 1. The van der Waals surface area contributed by atoms with Crippen LogP contribution < -0.4 is 0 Å². The lowest BCUT2D eigenvalue weighted by molar-refractivity contribution is -0.121. The second-order valence-corrected chi connectivity index (χ2v) is 7.53. The third kappa shape index (κ3) is 7.28. The van der Waals surface area contributed by atoms with E-state index in [4.69, 9.17) is 0 Å². The fourth-order valence-electron chi connectivity index (χ4n) is 3.19. The van der Waals surface area contributed by atoms with Crippen LogP contribution in [-0.4, -0.2) is 27.7 Å². The summed E-state index contributed by atoms with van der Waals surface area (Å²) in [5.74, 6) is 0.0725. The summed E-state index contributed by atoms with van der Waals surface area (Å²) < 4.78 is 0. The molecule has 0 aromatic carbocycles. The third-order valence-corrected chi connectivity index (χ3v) is 4.51. The Balaban J connectivity index is 2.60. The average Bonchev–Trinajstić information content (AvgIpc) is 2.36. The first-order chi connectivity index (χ1) is 10.6. The summed E-state index contributed by atoms with van der Waals surface area (Å²) in [5.41, 5.74) is 2.30. The number of rotatable bonds is 7. The summed E-state index contributed by atoms with van der Waals surface area (Å²) in [6.45, 7) is 9.60. The first-order valence-corrected chi connectivity index (χ1v) is 8.51. The summed E-state index contributed by atoms with van der Waals surface area (Å²) in [7, 11) is 0. The van der Waals surface area contributed by atoms with Gasteiger partial charge in [-0.05, 0) is 72.3 Å². The predicted octanol–water partition coefficient (Wildman–Crippen LogP) is 4.11. The molecule has 0 unspecified atom stereocenters. The molecule has 3 atom stereocenters. The Morgan fingerprint density at radius 1 is 1.43 bits per heavy atom. The zero-order chi connectivity index (χ0) is 17.6. The van der Waals surface area contributed by atoms with Gasteiger partial charge in [0, 0.05) is 6.42 Å². The molecule has 0 bridgehead atoms. The van der Waals surface area contributed by atoms with Gasteiger partial charge in [0.05, 0.1) is 11.7 Å². The zero-order valence-corrected chi connectivity index (χ0v) is 15.2. The number of aliphatic hydroxyl groups excluding tert-OH is 1. The van der Waals surface area contributed by atoms with Crippen molar-refractivity contribution in [1.82, 2.24) is 0 Å². The SMILES string of the molecule is CC(C)=C[C@H](O)C/C(C)=C/C(=O)C[C@](C)(O)[C@H]1CC=C(C)CC1. The normalized spacial score (nSPS) is 22.8. The van der Waals surface area contributed by atoms with Gasteiger partial charge in [-0.25, -0.2) is 0 Å². The van der Waals surface area contributed by atoms with Gasteiger partial charge in [-0.1, -0.05) is 28.9 Å². The van der Waals surface area contributed by atoms with Crippen LogP contribution in [0.15, 0.2) is 34.9 Å². The molecule has 0 aliphatic heterocycles. The van der Waals surface area contributed by atoms with Crippen molar-refractivity contribution in [2.45, 2.75) is 78.4 Å². The van der Waals surface area contributed by atoms with Gasteiger partial charge in [-0.15, -0.1) is 0 Å². The number of carbonyl (C=O) groups excluding carboxylic acids is 1. The Hall–Kier alpha value is -1.19. The lowest BCUT2D eigenvalue weighted by Gasteiger charge is -2.34. The van der Waals surface area contributed by atoms with E-state index in [2.05, 4.69) is 13.0 Å². The molecule has 1 rings (SSSR count). The van der Waals surface area contributed by atoms with Crippen molar-refractivity contribution in [3.63, 3.8) is 0 Å². The van der Waals surface area contributed by atoms with E-state index >= 15 is 0 Å². The Morgan fingerprint density at radius 2 is 2.09 bits per heavy atom. The minimum atomic E-state index is -0.969. The van der Waals surface area contributed by atoms with Gasteiger partial charge in [0.1, 0.15) is 0 Å². The second kappa shape index (κ2) is 8.60. The summed E-state index contributed by atoms with van der Waals surface area (Å²) in [6.07, 6.45) is 8.33. The molecule has 0 aromatic rings. The largest absolute Gasteiger partial charge is 0.389 e. The van der Waals surface area contributed by atoms with E-state index in [1.54, 1.807) is 19.1 Å². The Labute approximate surface area is 140 Å². The Bertz CT molecular complexity index is 505. The summed E-state index contributed by atoms with van der Waals surface area (Å²) in [6, 6.07) is 0. The molecule has 0 fully saturated rings. The Kier molecular flexibility index (Phi) is 7.43. The molecule has 0 radical (unpaired) electrons. The van der Waals surface area contributed by atoms with E-state index in [0.29, 0.717) is 6.42 Å². The van der Waals surface area contributed by atoms with Crippen molar-refractivity contribution in [1.29, 1.82) is 0 Å². The maximum atomic E-state index is 12.2. The van der Waals surface area contributed by atoms with Crippen LogP contribution in [0.2, 0.25) is 0 Å². The first kappa shape index (κ1) is 19.9. The molecule has 0 amide bonds. The minimum absolute atomic E-state index is 0.0665. The summed E-state index contributed by atoms with van der Waals surface area (Å²) >= 11 is 0. The van der Waals surface area contributed by atoms with Crippen LogP contribution in [0, 0.1) is 5.92 Å². The highest BCUT2D eigenvalue weighted by atomic mass is 16.3. The van der Waals surface area contributed by atoms with Crippen molar-refractivity contribution in [3.8, 4) is 0 Å². The van der Waals surface area contributed by atoms with Crippen molar-refractivity contribution in [2.75, 3.05) is 0 Å². The van der Waals surface area contributed by atoms with Gasteiger partial charge in [0.25, 0.3) is 0 Å². The molecule has 0 saturated carbocycles. The van der Waals surface area contributed by atoms with Crippen molar-refractivity contribution < 1.29 is 15.0 Å². The zero-order valence-electron chi connectivity index (χ0n) is 15.2. The van der Waals surface area contributed by atoms with Gasteiger partial charge < -0.3 is 10.2 Å². The number of hydrogen-bond donors (Lipinski definition) is 2. The van der Waals surface area contributed by atoms with E-state index < -0.39 is 11.7 Å². The predicted molar refractivity (Wildman–Crippen MR) is 95.2 cm³/mol. The van der Waals surface area contributed by atoms with E-state index in [-0.39, 0.29) is 18.1 Å². The van der Waals surface area contributed by atoms with Crippen molar-refractivity contribution >= 4 is 5.78 Å². The van der Waals surface area contributed by atoms with Crippen LogP contribution in [0.25, 0.3) is 0 Å². The van der Waals surface area contributed by atoms with Gasteiger partial charge in [-0.3, -0.25) is 4.79 Å². The van der Waals surface area contributed by atoms with Crippen LogP contribution in [0.1, 0.15) is 66.7 Å². The molecule has 0 saturated heterocycles. The Morgan fingerprint density at radius 3 is 2.61 bits per heavy atom. The smallest absolute Gasteiger partial charge is 0.158 e. The number of carbonyl (C=O) groups is 1. The standard InChI is InChI=1S/C20H32O3/c1-14(2)10-18(21)11-16(4)12-19(22)13-20(5,23)17-8-6-15(3)7-9-17/h6,10,12,17-18,21,23H,7-9,11,13H2,1-5H3/b16-12+/t17-,18-,20-/m0/s1. The van der Waals surface area contributed by atoms with Crippen molar-refractivity contribution in [3.05, 3.63) is 34.9 Å². The molecule has 2 N–H and O–H groups in total. The number of hydrogen-bond acceptors (Lipinski definition) is 3. The molecule has 23 heavy (non-hydrogen) atoms. The molecule has 1 aliphatic carbocycles. The molecule has 3 nitrogen and oxygen atoms in total. The maximum absolute atomic E-state index is 12.2. The fraction of sp³-hybridized carbons (Fsp3) is 0.650. The first-order valence-electron chi connectivity index (χ1n) is 8.51. The summed E-state index contributed by atoms with van der Waals surface area (Å²) in [4.78, 5) is 12.2. The van der Waals surface area contributed by atoms with Gasteiger partial charge >= 0.3 is 0 Å².